The maximum atomic E-state index is 12.2. The third-order valence-electron chi connectivity index (χ3n) is 3.62. The average molecular weight is 277 g/mol. The van der Waals surface area contributed by atoms with Gasteiger partial charge >= 0.3 is 5.97 Å². The standard InChI is InChI=1S/C16H23NO3/c1-4-12(5-2)16(20)17-14(10-15(18)19)13-9-7-6-8-11(13)3/h6-9,12,14H,4-5,10H2,1-3H3,(H,17,20)(H,18,19). The molecule has 1 aromatic carbocycles. The van der Waals surface area contributed by atoms with Crippen molar-refractivity contribution in [3.05, 3.63) is 35.4 Å². The predicted octanol–water partition coefficient (Wildman–Crippen LogP) is 3.06. The van der Waals surface area contributed by atoms with Crippen LogP contribution in [0, 0.1) is 12.8 Å². The number of nitrogens with one attached hydrogen (secondary N) is 1. The predicted molar refractivity (Wildman–Crippen MR) is 78.4 cm³/mol. The lowest BCUT2D eigenvalue weighted by Crippen LogP contribution is -2.35. The molecule has 2 N–H and O–H groups in total. The van der Waals surface area contributed by atoms with Gasteiger partial charge in [-0.25, -0.2) is 0 Å². The van der Waals surface area contributed by atoms with Gasteiger partial charge in [0, 0.05) is 5.92 Å². The molecular weight excluding hydrogens is 254 g/mol. The van der Waals surface area contributed by atoms with Crippen molar-refractivity contribution in [3.8, 4) is 0 Å². The van der Waals surface area contributed by atoms with Gasteiger partial charge in [0.1, 0.15) is 0 Å². The molecule has 20 heavy (non-hydrogen) atoms. The SMILES string of the molecule is CCC(CC)C(=O)NC(CC(=O)O)c1ccccc1C. The summed E-state index contributed by atoms with van der Waals surface area (Å²) in [6.07, 6.45) is 1.42. The zero-order valence-corrected chi connectivity index (χ0v) is 12.3. The molecule has 0 aliphatic carbocycles. The second kappa shape index (κ2) is 7.68. The van der Waals surface area contributed by atoms with Gasteiger partial charge in [0.15, 0.2) is 0 Å². The van der Waals surface area contributed by atoms with E-state index >= 15 is 0 Å². The second-order valence-corrected chi connectivity index (χ2v) is 5.03. The van der Waals surface area contributed by atoms with E-state index in [0.29, 0.717) is 0 Å². The van der Waals surface area contributed by atoms with Gasteiger partial charge in [-0.1, -0.05) is 38.1 Å². The van der Waals surface area contributed by atoms with Gasteiger partial charge in [-0.15, -0.1) is 0 Å². The summed E-state index contributed by atoms with van der Waals surface area (Å²) in [5.41, 5.74) is 1.86. The fraction of sp³-hybridized carbons (Fsp3) is 0.500. The fourth-order valence-corrected chi connectivity index (χ4v) is 2.34. The van der Waals surface area contributed by atoms with Gasteiger partial charge in [0.25, 0.3) is 0 Å². The molecule has 0 spiro atoms. The van der Waals surface area contributed by atoms with Crippen molar-refractivity contribution in [2.45, 2.75) is 46.1 Å². The number of carbonyl (C=O) groups is 2. The third-order valence-corrected chi connectivity index (χ3v) is 3.62. The second-order valence-electron chi connectivity index (χ2n) is 5.03. The van der Waals surface area contributed by atoms with Crippen LogP contribution in [-0.4, -0.2) is 17.0 Å². The molecule has 4 nitrogen and oxygen atoms in total. The summed E-state index contributed by atoms with van der Waals surface area (Å²) in [6.45, 7) is 5.86. The molecule has 0 aromatic heterocycles. The lowest BCUT2D eigenvalue weighted by molar-refractivity contribution is -0.138. The molecule has 0 radical (unpaired) electrons. The maximum absolute atomic E-state index is 12.2. The number of aliphatic carboxylic acids is 1. The molecule has 0 fully saturated rings. The van der Waals surface area contributed by atoms with E-state index in [0.717, 1.165) is 24.0 Å². The summed E-state index contributed by atoms with van der Waals surface area (Å²) in [5.74, 6) is -1.04. The van der Waals surface area contributed by atoms with E-state index in [1.807, 2.05) is 45.0 Å². The Balaban J connectivity index is 2.93. The molecule has 0 saturated carbocycles. The van der Waals surface area contributed by atoms with Gasteiger partial charge in [0.2, 0.25) is 5.91 Å². The first-order chi connectivity index (χ1) is 9.49. The largest absolute Gasteiger partial charge is 0.481 e. The monoisotopic (exact) mass is 277 g/mol. The van der Waals surface area contributed by atoms with E-state index in [9.17, 15) is 9.59 Å². The van der Waals surface area contributed by atoms with Crippen LogP contribution in [0.1, 0.15) is 50.3 Å². The number of hydrogen-bond acceptors (Lipinski definition) is 2. The number of aryl methyl sites for hydroxylation is 1. The molecule has 1 rings (SSSR count). The van der Waals surface area contributed by atoms with E-state index in [2.05, 4.69) is 5.32 Å². The number of amides is 1. The Morgan fingerprint density at radius 3 is 2.30 bits per heavy atom. The topological polar surface area (TPSA) is 66.4 Å². The van der Waals surface area contributed by atoms with E-state index < -0.39 is 12.0 Å². The fourth-order valence-electron chi connectivity index (χ4n) is 2.34. The van der Waals surface area contributed by atoms with Gasteiger partial charge in [-0.2, -0.15) is 0 Å². The van der Waals surface area contributed by atoms with Crippen molar-refractivity contribution in [2.75, 3.05) is 0 Å². The van der Waals surface area contributed by atoms with E-state index in [4.69, 9.17) is 5.11 Å². The van der Waals surface area contributed by atoms with Gasteiger partial charge in [-0.3, -0.25) is 9.59 Å². The molecule has 0 heterocycles. The molecule has 1 atom stereocenters. The molecular formula is C16H23NO3. The van der Waals surface area contributed by atoms with E-state index in [1.165, 1.54) is 0 Å². The number of carboxylic acid groups (broad SMARTS) is 1. The Kier molecular flexibility index (Phi) is 6.22. The highest BCUT2D eigenvalue weighted by molar-refractivity contribution is 5.80. The molecule has 1 aromatic rings. The van der Waals surface area contributed by atoms with Crippen LogP contribution in [0.4, 0.5) is 0 Å². The van der Waals surface area contributed by atoms with Gasteiger partial charge in [0.05, 0.1) is 12.5 Å². The van der Waals surface area contributed by atoms with Crippen molar-refractivity contribution in [3.63, 3.8) is 0 Å². The molecule has 110 valence electrons. The van der Waals surface area contributed by atoms with Crippen LogP contribution in [-0.2, 0) is 9.59 Å². The Morgan fingerprint density at radius 2 is 1.80 bits per heavy atom. The zero-order valence-electron chi connectivity index (χ0n) is 12.3. The van der Waals surface area contributed by atoms with Crippen molar-refractivity contribution < 1.29 is 14.7 Å². The summed E-state index contributed by atoms with van der Waals surface area (Å²) in [6, 6.07) is 7.09. The van der Waals surface area contributed by atoms with Crippen LogP contribution in [0.3, 0.4) is 0 Å². The van der Waals surface area contributed by atoms with Crippen LogP contribution in [0.5, 0.6) is 0 Å². The summed E-state index contributed by atoms with van der Waals surface area (Å²) in [5, 5.41) is 11.9. The minimum Gasteiger partial charge on any atom is -0.481 e. The highest BCUT2D eigenvalue weighted by atomic mass is 16.4. The number of carboxylic acids is 1. The van der Waals surface area contributed by atoms with Crippen molar-refractivity contribution in [1.82, 2.24) is 5.32 Å². The normalized spacial score (nSPS) is 12.2. The van der Waals surface area contributed by atoms with Crippen LogP contribution >= 0.6 is 0 Å². The number of carbonyl (C=O) groups excluding carboxylic acids is 1. The van der Waals surface area contributed by atoms with Crippen molar-refractivity contribution in [1.29, 1.82) is 0 Å². The Labute approximate surface area is 120 Å². The number of rotatable bonds is 7. The lowest BCUT2D eigenvalue weighted by atomic mass is 9.96. The lowest BCUT2D eigenvalue weighted by Gasteiger charge is -2.22. The summed E-state index contributed by atoms with van der Waals surface area (Å²) in [7, 11) is 0. The maximum Gasteiger partial charge on any atom is 0.305 e. The minimum atomic E-state index is -0.914. The van der Waals surface area contributed by atoms with Crippen LogP contribution in [0.15, 0.2) is 24.3 Å². The summed E-state index contributed by atoms with van der Waals surface area (Å²) < 4.78 is 0. The minimum absolute atomic E-state index is 0.0599. The molecule has 1 unspecified atom stereocenters. The Morgan fingerprint density at radius 1 is 1.20 bits per heavy atom. The van der Waals surface area contributed by atoms with E-state index in [-0.39, 0.29) is 18.2 Å². The molecule has 0 aliphatic rings. The Hall–Kier alpha value is -1.84. The first-order valence-corrected chi connectivity index (χ1v) is 7.07. The summed E-state index contributed by atoms with van der Waals surface area (Å²) in [4.78, 5) is 23.2. The van der Waals surface area contributed by atoms with E-state index in [1.54, 1.807) is 0 Å². The quantitative estimate of drug-likeness (QED) is 0.805. The molecule has 0 bridgehead atoms. The van der Waals surface area contributed by atoms with Gasteiger partial charge < -0.3 is 10.4 Å². The van der Waals surface area contributed by atoms with Crippen LogP contribution < -0.4 is 5.32 Å². The average Bonchev–Trinajstić information content (AvgIpc) is 2.39. The molecule has 0 aliphatic heterocycles. The third kappa shape index (κ3) is 4.37. The highest BCUT2D eigenvalue weighted by Gasteiger charge is 2.22. The molecule has 4 heteroatoms. The number of hydrogen-bond donors (Lipinski definition) is 2. The van der Waals surface area contributed by atoms with Gasteiger partial charge in [-0.05, 0) is 30.9 Å². The first kappa shape index (κ1) is 16.2. The van der Waals surface area contributed by atoms with Crippen molar-refractivity contribution in [2.24, 2.45) is 5.92 Å². The number of benzene rings is 1. The van der Waals surface area contributed by atoms with Crippen LogP contribution in [0.2, 0.25) is 0 Å². The summed E-state index contributed by atoms with van der Waals surface area (Å²) >= 11 is 0. The van der Waals surface area contributed by atoms with Crippen LogP contribution in [0.25, 0.3) is 0 Å². The van der Waals surface area contributed by atoms with Crippen molar-refractivity contribution >= 4 is 11.9 Å². The first-order valence-electron chi connectivity index (χ1n) is 7.07. The highest BCUT2D eigenvalue weighted by Crippen LogP contribution is 2.22. The zero-order chi connectivity index (χ0) is 15.1. The molecule has 1 amide bonds. The smallest absolute Gasteiger partial charge is 0.305 e. The molecule has 0 saturated heterocycles. The Bertz CT molecular complexity index is 467.